The first-order valence-corrected chi connectivity index (χ1v) is 5.40. The number of esters is 2. The minimum absolute atomic E-state index is 0.331. The normalized spacial score (nSPS) is 7.50. The number of aromatic carboxylic acids is 1. The molecule has 5 nitrogen and oxygen atoms in total. The van der Waals surface area contributed by atoms with Gasteiger partial charge >= 0.3 is 17.9 Å². The largest absolute Gasteiger partial charge is 0.478 e. The highest BCUT2D eigenvalue weighted by atomic mass is 16.6. The van der Waals surface area contributed by atoms with E-state index in [1.807, 2.05) is 11.8 Å². The first kappa shape index (κ1) is 16.9. The Morgan fingerprint density at radius 2 is 1.40 bits per heavy atom. The van der Waals surface area contributed by atoms with Gasteiger partial charge in [-0.25, -0.2) is 14.4 Å². The van der Waals surface area contributed by atoms with E-state index < -0.39 is 17.9 Å². The Labute approximate surface area is 116 Å². The molecule has 0 bridgehead atoms. The molecule has 0 atom stereocenters. The van der Waals surface area contributed by atoms with E-state index in [0.717, 1.165) is 0 Å². The molecule has 0 aromatic heterocycles. The molecule has 0 aliphatic carbocycles. The number of carboxylic acids is 1. The molecule has 0 aliphatic rings. The number of carbonyl (C=O) groups excluding carboxylic acids is 2. The molecule has 0 saturated carbocycles. The van der Waals surface area contributed by atoms with Crippen LogP contribution in [-0.2, 0) is 14.3 Å². The molecule has 0 fully saturated rings. The van der Waals surface area contributed by atoms with E-state index in [0.29, 0.717) is 5.56 Å². The number of hydrogen-bond acceptors (Lipinski definition) is 4. The van der Waals surface area contributed by atoms with Crippen molar-refractivity contribution in [1.29, 1.82) is 0 Å². The van der Waals surface area contributed by atoms with Gasteiger partial charge in [0, 0.05) is 11.8 Å². The van der Waals surface area contributed by atoms with Gasteiger partial charge in [-0.05, 0) is 26.0 Å². The van der Waals surface area contributed by atoms with Gasteiger partial charge in [0.05, 0.1) is 5.56 Å². The maximum atomic E-state index is 10.4. The number of carbonyl (C=O) groups is 3. The van der Waals surface area contributed by atoms with Crippen LogP contribution in [0, 0.1) is 23.7 Å². The maximum Gasteiger partial charge on any atom is 0.392 e. The van der Waals surface area contributed by atoms with Crippen LogP contribution < -0.4 is 0 Å². The van der Waals surface area contributed by atoms with E-state index >= 15 is 0 Å². The predicted molar refractivity (Wildman–Crippen MR) is 71.4 cm³/mol. The Morgan fingerprint density at radius 1 is 0.950 bits per heavy atom. The fourth-order valence-corrected chi connectivity index (χ4v) is 0.920. The van der Waals surface area contributed by atoms with Gasteiger partial charge in [0.25, 0.3) is 0 Å². The fourth-order valence-electron chi connectivity index (χ4n) is 0.920. The second kappa shape index (κ2) is 9.93. The third kappa shape index (κ3) is 8.10. The third-order valence-corrected chi connectivity index (χ3v) is 1.66. The molecule has 0 heterocycles. The molecule has 1 rings (SSSR count). The summed E-state index contributed by atoms with van der Waals surface area (Å²) in [5.41, 5.74) is 0.331. The van der Waals surface area contributed by atoms with E-state index in [4.69, 9.17) is 5.11 Å². The van der Waals surface area contributed by atoms with Gasteiger partial charge in [-0.3, -0.25) is 0 Å². The average Bonchev–Trinajstić information content (AvgIpc) is 2.41. The van der Waals surface area contributed by atoms with Crippen LogP contribution in [0.25, 0.3) is 0 Å². The topological polar surface area (TPSA) is 80.7 Å². The van der Waals surface area contributed by atoms with Gasteiger partial charge in [-0.1, -0.05) is 30.0 Å². The van der Waals surface area contributed by atoms with E-state index in [9.17, 15) is 14.4 Å². The predicted octanol–water partition coefficient (Wildman–Crippen LogP) is 1.49. The Morgan fingerprint density at radius 3 is 1.70 bits per heavy atom. The Hall–Kier alpha value is -3.05. The molecular weight excluding hydrogens is 260 g/mol. The van der Waals surface area contributed by atoms with E-state index in [1.54, 1.807) is 30.3 Å². The Balaban J connectivity index is 0.000000367. The number of carboxylic acid groups (broad SMARTS) is 1. The highest BCUT2D eigenvalue weighted by molar-refractivity contribution is 6.01. The van der Waals surface area contributed by atoms with Crippen LogP contribution in [0.2, 0.25) is 0 Å². The molecule has 1 N–H and O–H groups in total. The van der Waals surface area contributed by atoms with Crippen molar-refractivity contribution in [3.05, 3.63) is 35.9 Å². The lowest BCUT2D eigenvalue weighted by Gasteiger charge is -1.88. The fraction of sp³-hybridized carbons (Fsp3) is 0.133. The Kier molecular flexibility index (Phi) is 8.41. The molecule has 0 unspecified atom stereocenters. The number of hydrogen-bond donors (Lipinski definition) is 1. The zero-order valence-corrected chi connectivity index (χ0v) is 11.0. The van der Waals surface area contributed by atoms with E-state index in [-0.39, 0.29) is 0 Å². The maximum absolute atomic E-state index is 10.4. The van der Waals surface area contributed by atoms with Crippen LogP contribution in [0.4, 0.5) is 0 Å². The minimum atomic E-state index is -0.879. The van der Waals surface area contributed by atoms with Crippen LogP contribution in [0.3, 0.4) is 0 Å². The third-order valence-electron chi connectivity index (χ3n) is 1.66. The van der Waals surface area contributed by atoms with Gasteiger partial charge in [-0.2, -0.15) is 0 Å². The average molecular weight is 272 g/mol. The molecule has 102 valence electrons. The summed E-state index contributed by atoms with van der Waals surface area (Å²) in [5.74, 6) is 6.02. The van der Waals surface area contributed by atoms with Crippen molar-refractivity contribution in [2.75, 3.05) is 0 Å². The summed E-state index contributed by atoms with van der Waals surface area (Å²) in [7, 11) is 0. The quantitative estimate of drug-likeness (QED) is 0.362. The highest BCUT2D eigenvalue weighted by Gasteiger charge is 2.02. The van der Waals surface area contributed by atoms with Crippen LogP contribution in [0.1, 0.15) is 24.2 Å². The summed E-state index contributed by atoms with van der Waals surface area (Å²) >= 11 is 0. The van der Waals surface area contributed by atoms with Crippen molar-refractivity contribution < 1.29 is 24.2 Å². The zero-order valence-electron chi connectivity index (χ0n) is 11.0. The first-order chi connectivity index (χ1) is 9.51. The lowest BCUT2D eigenvalue weighted by atomic mass is 10.2. The highest BCUT2D eigenvalue weighted by Crippen LogP contribution is 1.96. The van der Waals surface area contributed by atoms with Crippen molar-refractivity contribution in [2.24, 2.45) is 0 Å². The SMILES string of the molecule is CC#CC(=O)OC(=O)C#CC.O=C(O)c1ccccc1. The molecule has 0 aliphatic heterocycles. The van der Waals surface area contributed by atoms with Gasteiger partial charge in [0.1, 0.15) is 0 Å². The number of benzene rings is 1. The summed E-state index contributed by atoms with van der Waals surface area (Å²) < 4.78 is 4.11. The lowest BCUT2D eigenvalue weighted by Crippen LogP contribution is -2.07. The van der Waals surface area contributed by atoms with E-state index in [2.05, 4.69) is 16.6 Å². The molecule has 0 saturated heterocycles. The van der Waals surface area contributed by atoms with Crippen LogP contribution in [-0.4, -0.2) is 23.0 Å². The van der Waals surface area contributed by atoms with Crippen LogP contribution in [0.15, 0.2) is 30.3 Å². The summed E-state index contributed by atoms with van der Waals surface area (Å²) in [5, 5.41) is 8.38. The molecule has 0 radical (unpaired) electrons. The van der Waals surface area contributed by atoms with Gasteiger partial charge < -0.3 is 9.84 Å². The minimum Gasteiger partial charge on any atom is -0.478 e. The molecule has 0 amide bonds. The van der Waals surface area contributed by atoms with Gasteiger partial charge in [0.15, 0.2) is 0 Å². The molecule has 1 aromatic rings. The van der Waals surface area contributed by atoms with Crippen molar-refractivity contribution in [3.8, 4) is 23.7 Å². The summed E-state index contributed by atoms with van der Waals surface area (Å²) in [6.07, 6.45) is 0. The van der Waals surface area contributed by atoms with Crippen molar-refractivity contribution in [3.63, 3.8) is 0 Å². The van der Waals surface area contributed by atoms with E-state index in [1.165, 1.54) is 13.8 Å². The van der Waals surface area contributed by atoms with Gasteiger partial charge in [-0.15, -0.1) is 0 Å². The second-order valence-corrected chi connectivity index (χ2v) is 3.10. The second-order valence-electron chi connectivity index (χ2n) is 3.10. The summed E-state index contributed by atoms with van der Waals surface area (Å²) in [6, 6.07) is 8.30. The standard InChI is InChI=1S/C8H6O3.C7H6O2/c1-3-5-7(9)11-8(10)6-4-2;8-7(9)6-4-2-1-3-5-6/h1-2H3;1-5H,(H,8,9). The van der Waals surface area contributed by atoms with Gasteiger partial charge in [0.2, 0.25) is 0 Å². The monoisotopic (exact) mass is 272 g/mol. The molecule has 5 heteroatoms. The van der Waals surface area contributed by atoms with Crippen LogP contribution >= 0.6 is 0 Å². The zero-order chi connectivity index (χ0) is 15.4. The molecular formula is C15H12O5. The molecule has 20 heavy (non-hydrogen) atoms. The van der Waals surface area contributed by atoms with Crippen molar-refractivity contribution >= 4 is 17.9 Å². The Bertz CT molecular complexity index is 564. The van der Waals surface area contributed by atoms with Crippen molar-refractivity contribution in [2.45, 2.75) is 13.8 Å². The lowest BCUT2D eigenvalue weighted by molar-refractivity contribution is -0.151. The number of ether oxygens (including phenoxy) is 1. The smallest absolute Gasteiger partial charge is 0.392 e. The van der Waals surface area contributed by atoms with Crippen LogP contribution in [0.5, 0.6) is 0 Å². The molecule has 0 spiro atoms. The summed E-state index contributed by atoms with van der Waals surface area (Å²) in [6.45, 7) is 2.94. The first-order valence-electron chi connectivity index (χ1n) is 5.40. The number of rotatable bonds is 1. The van der Waals surface area contributed by atoms with Crippen molar-refractivity contribution in [1.82, 2.24) is 0 Å². The summed E-state index contributed by atoms with van der Waals surface area (Å²) in [4.78, 5) is 31.1. The molecule has 1 aromatic carbocycles.